The molecule has 0 spiro atoms. The molecule has 0 amide bonds. The molecule has 2 aromatic rings. The average Bonchev–Trinajstić information content (AvgIpc) is 2.69. The molecule has 1 aromatic carbocycles. The summed E-state index contributed by atoms with van der Waals surface area (Å²) in [6.07, 6.45) is 1.72. The van der Waals surface area contributed by atoms with Crippen molar-refractivity contribution >= 4 is 17.3 Å². The van der Waals surface area contributed by atoms with Gasteiger partial charge in [-0.3, -0.25) is 0 Å². The summed E-state index contributed by atoms with van der Waals surface area (Å²) in [5, 5.41) is 0. The van der Waals surface area contributed by atoms with Crippen molar-refractivity contribution in [1.29, 1.82) is 0 Å². The highest BCUT2D eigenvalue weighted by Crippen LogP contribution is 2.22. The number of benzene rings is 1. The lowest BCUT2D eigenvalue weighted by Gasteiger charge is -2.37. The van der Waals surface area contributed by atoms with E-state index in [1.54, 1.807) is 6.33 Å². The Balaban J connectivity index is 1.41. The van der Waals surface area contributed by atoms with Gasteiger partial charge in [-0.05, 0) is 31.7 Å². The molecule has 138 valence electrons. The molecule has 26 heavy (non-hydrogen) atoms. The molecule has 6 heteroatoms. The van der Waals surface area contributed by atoms with Crippen LogP contribution in [0.25, 0.3) is 0 Å². The molecule has 2 aliphatic rings. The number of aryl methyl sites for hydroxylation is 1. The van der Waals surface area contributed by atoms with Gasteiger partial charge in [0.15, 0.2) is 0 Å². The van der Waals surface area contributed by atoms with E-state index in [9.17, 15) is 0 Å². The van der Waals surface area contributed by atoms with Crippen LogP contribution in [-0.4, -0.2) is 74.3 Å². The van der Waals surface area contributed by atoms with Crippen LogP contribution in [0.15, 0.2) is 36.7 Å². The highest BCUT2D eigenvalue weighted by Gasteiger charge is 2.21. The van der Waals surface area contributed by atoms with Crippen molar-refractivity contribution in [3.8, 4) is 0 Å². The summed E-state index contributed by atoms with van der Waals surface area (Å²) in [4.78, 5) is 18.6. The molecule has 6 nitrogen and oxygen atoms in total. The Kier molecular flexibility index (Phi) is 4.93. The van der Waals surface area contributed by atoms with Crippen molar-refractivity contribution in [2.45, 2.75) is 6.92 Å². The quantitative estimate of drug-likeness (QED) is 0.840. The van der Waals surface area contributed by atoms with Crippen molar-refractivity contribution < 1.29 is 0 Å². The van der Waals surface area contributed by atoms with Crippen LogP contribution in [0.4, 0.5) is 17.3 Å². The Morgan fingerprint density at radius 1 is 0.731 bits per heavy atom. The molecule has 2 fully saturated rings. The first-order valence-electron chi connectivity index (χ1n) is 9.51. The molecule has 2 saturated heterocycles. The van der Waals surface area contributed by atoms with Gasteiger partial charge in [0.1, 0.15) is 18.0 Å². The van der Waals surface area contributed by atoms with Gasteiger partial charge in [0.25, 0.3) is 0 Å². The minimum atomic E-state index is 0.993. The number of anilines is 3. The lowest BCUT2D eigenvalue weighted by atomic mass is 10.2. The maximum Gasteiger partial charge on any atom is 0.134 e. The van der Waals surface area contributed by atoms with Crippen molar-refractivity contribution in [2.24, 2.45) is 0 Å². The van der Waals surface area contributed by atoms with Crippen LogP contribution < -0.4 is 14.7 Å². The standard InChI is InChI=1S/C20H28N6/c1-17-4-3-5-18(14-17)24-10-12-26(13-11-24)20-15-19(21-16-22-20)25-8-6-23(2)7-9-25/h3-5,14-16H,6-13H2,1-2H3. The second-order valence-corrected chi connectivity index (χ2v) is 7.34. The maximum atomic E-state index is 4.54. The summed E-state index contributed by atoms with van der Waals surface area (Å²) >= 11 is 0. The van der Waals surface area contributed by atoms with E-state index in [4.69, 9.17) is 0 Å². The highest BCUT2D eigenvalue weighted by atomic mass is 15.3. The molecule has 2 aliphatic heterocycles. The molecule has 4 rings (SSSR count). The molecule has 0 radical (unpaired) electrons. The summed E-state index contributed by atoms with van der Waals surface area (Å²) in [5.41, 5.74) is 2.64. The third-order valence-corrected chi connectivity index (χ3v) is 5.44. The Morgan fingerprint density at radius 3 is 1.92 bits per heavy atom. The zero-order chi connectivity index (χ0) is 17.9. The second-order valence-electron chi connectivity index (χ2n) is 7.34. The van der Waals surface area contributed by atoms with Crippen LogP contribution in [-0.2, 0) is 0 Å². The predicted octanol–water partition coefficient (Wildman–Crippen LogP) is 1.86. The fourth-order valence-electron chi connectivity index (χ4n) is 3.74. The smallest absolute Gasteiger partial charge is 0.134 e. The minimum absolute atomic E-state index is 0.993. The van der Waals surface area contributed by atoms with Gasteiger partial charge in [-0.2, -0.15) is 0 Å². The molecule has 1 aromatic heterocycles. The van der Waals surface area contributed by atoms with E-state index in [2.05, 4.69) is 73.9 Å². The zero-order valence-electron chi connectivity index (χ0n) is 15.8. The Bertz CT molecular complexity index is 733. The predicted molar refractivity (Wildman–Crippen MR) is 107 cm³/mol. The van der Waals surface area contributed by atoms with E-state index < -0.39 is 0 Å². The van der Waals surface area contributed by atoms with Gasteiger partial charge < -0.3 is 19.6 Å². The van der Waals surface area contributed by atoms with Crippen LogP contribution in [0.5, 0.6) is 0 Å². The summed E-state index contributed by atoms with van der Waals surface area (Å²) in [6.45, 7) is 10.4. The van der Waals surface area contributed by atoms with Gasteiger partial charge in [0.2, 0.25) is 0 Å². The lowest BCUT2D eigenvalue weighted by molar-refractivity contribution is 0.312. The number of hydrogen-bond donors (Lipinski definition) is 0. The molecular weight excluding hydrogens is 324 g/mol. The summed E-state index contributed by atoms with van der Waals surface area (Å²) < 4.78 is 0. The lowest BCUT2D eigenvalue weighted by Crippen LogP contribution is -2.47. The van der Waals surface area contributed by atoms with E-state index in [-0.39, 0.29) is 0 Å². The van der Waals surface area contributed by atoms with Crippen LogP contribution in [0.3, 0.4) is 0 Å². The molecular formula is C20H28N6. The molecule has 0 aliphatic carbocycles. The Hall–Kier alpha value is -2.34. The first-order valence-corrected chi connectivity index (χ1v) is 9.51. The first-order chi connectivity index (χ1) is 12.7. The van der Waals surface area contributed by atoms with E-state index in [1.807, 2.05) is 0 Å². The van der Waals surface area contributed by atoms with Gasteiger partial charge >= 0.3 is 0 Å². The van der Waals surface area contributed by atoms with Crippen molar-refractivity contribution in [1.82, 2.24) is 14.9 Å². The van der Waals surface area contributed by atoms with Crippen molar-refractivity contribution in [3.63, 3.8) is 0 Å². The normalized spacial score (nSPS) is 19.1. The summed E-state index contributed by atoms with van der Waals surface area (Å²) in [6, 6.07) is 10.9. The molecule has 0 N–H and O–H groups in total. The fourth-order valence-corrected chi connectivity index (χ4v) is 3.74. The number of hydrogen-bond acceptors (Lipinski definition) is 6. The van der Waals surface area contributed by atoms with Gasteiger partial charge in [0.05, 0.1) is 0 Å². The topological polar surface area (TPSA) is 38.7 Å². The third kappa shape index (κ3) is 3.75. The van der Waals surface area contributed by atoms with E-state index in [0.717, 1.165) is 64.0 Å². The fraction of sp³-hybridized carbons (Fsp3) is 0.500. The van der Waals surface area contributed by atoms with Crippen molar-refractivity contribution in [2.75, 3.05) is 74.1 Å². The number of rotatable bonds is 3. The van der Waals surface area contributed by atoms with E-state index in [0.29, 0.717) is 0 Å². The molecule has 0 atom stereocenters. The van der Waals surface area contributed by atoms with Gasteiger partial charge in [-0.15, -0.1) is 0 Å². The zero-order valence-corrected chi connectivity index (χ0v) is 15.8. The first kappa shape index (κ1) is 17.1. The number of likely N-dealkylation sites (N-methyl/N-ethyl adjacent to an activating group) is 1. The largest absolute Gasteiger partial charge is 0.368 e. The number of nitrogens with zero attached hydrogens (tertiary/aromatic N) is 6. The summed E-state index contributed by atoms with van der Waals surface area (Å²) in [5.74, 6) is 2.11. The number of aromatic nitrogens is 2. The highest BCUT2D eigenvalue weighted by molar-refractivity contribution is 5.53. The second kappa shape index (κ2) is 7.50. The van der Waals surface area contributed by atoms with E-state index >= 15 is 0 Å². The number of piperazine rings is 2. The molecule has 0 unspecified atom stereocenters. The SMILES string of the molecule is Cc1cccc(N2CCN(c3cc(N4CCN(C)CC4)ncn3)CC2)c1. The van der Waals surface area contributed by atoms with Crippen molar-refractivity contribution in [3.05, 3.63) is 42.2 Å². The van der Waals surface area contributed by atoms with Gasteiger partial charge in [-0.1, -0.05) is 12.1 Å². The minimum Gasteiger partial charge on any atom is -0.368 e. The van der Waals surface area contributed by atoms with Gasteiger partial charge in [0, 0.05) is 64.1 Å². The summed E-state index contributed by atoms with van der Waals surface area (Å²) in [7, 11) is 2.18. The average molecular weight is 352 g/mol. The Labute approximate surface area is 156 Å². The van der Waals surface area contributed by atoms with E-state index in [1.165, 1.54) is 11.3 Å². The van der Waals surface area contributed by atoms with Crippen LogP contribution in [0, 0.1) is 6.92 Å². The maximum absolute atomic E-state index is 4.54. The van der Waals surface area contributed by atoms with Crippen LogP contribution >= 0.6 is 0 Å². The molecule has 0 saturated carbocycles. The Morgan fingerprint density at radius 2 is 1.31 bits per heavy atom. The molecule has 0 bridgehead atoms. The van der Waals surface area contributed by atoms with Crippen LogP contribution in [0.2, 0.25) is 0 Å². The monoisotopic (exact) mass is 352 g/mol. The third-order valence-electron chi connectivity index (χ3n) is 5.44. The molecule has 3 heterocycles. The van der Waals surface area contributed by atoms with Gasteiger partial charge in [-0.25, -0.2) is 9.97 Å². The van der Waals surface area contributed by atoms with Crippen LogP contribution in [0.1, 0.15) is 5.56 Å².